The van der Waals surface area contributed by atoms with Gasteiger partial charge >= 0.3 is 0 Å². The third kappa shape index (κ3) is 2.14. The number of rotatable bonds is 1. The maximum absolute atomic E-state index is 5.97. The van der Waals surface area contributed by atoms with Crippen LogP contribution >= 0.6 is 31.9 Å². The summed E-state index contributed by atoms with van der Waals surface area (Å²) < 4.78 is 7.64. The molecule has 1 aromatic heterocycles. The van der Waals surface area contributed by atoms with Gasteiger partial charge in [0.1, 0.15) is 11.2 Å². The van der Waals surface area contributed by atoms with Crippen LogP contribution in [0.3, 0.4) is 0 Å². The lowest BCUT2D eigenvalue weighted by atomic mass is 10.0. The number of furan rings is 1. The highest BCUT2D eigenvalue weighted by Gasteiger charge is 2.10. The molecular formula is C18H11Br2NO. The lowest BCUT2D eigenvalue weighted by Gasteiger charge is -2.07. The standard InChI is InChI=1S/C18H11Br2NO/c19-14-8-11(9-15(20)18(14)21)10-5-6-17-13(7-10)12-3-1-2-4-16(12)22-17/h1-9H,21H2. The molecule has 0 unspecified atom stereocenters. The summed E-state index contributed by atoms with van der Waals surface area (Å²) in [5, 5.41) is 2.25. The number of fused-ring (bicyclic) bond motifs is 3. The first-order chi connectivity index (χ1) is 10.6. The smallest absolute Gasteiger partial charge is 0.135 e. The highest BCUT2D eigenvalue weighted by Crippen LogP contribution is 2.36. The van der Waals surface area contributed by atoms with Crippen LogP contribution in [0.5, 0.6) is 0 Å². The Morgan fingerprint density at radius 2 is 1.41 bits per heavy atom. The second-order valence-electron chi connectivity index (χ2n) is 5.16. The molecule has 0 aliphatic carbocycles. The number of nitrogen functional groups attached to an aromatic ring is 1. The van der Waals surface area contributed by atoms with E-state index >= 15 is 0 Å². The van der Waals surface area contributed by atoms with Crippen LogP contribution in [-0.4, -0.2) is 0 Å². The van der Waals surface area contributed by atoms with E-state index in [1.807, 2.05) is 36.4 Å². The molecule has 22 heavy (non-hydrogen) atoms. The molecule has 4 aromatic rings. The summed E-state index contributed by atoms with van der Waals surface area (Å²) in [7, 11) is 0. The zero-order valence-corrected chi connectivity index (χ0v) is 14.6. The number of hydrogen-bond donors (Lipinski definition) is 1. The summed E-state index contributed by atoms with van der Waals surface area (Å²) >= 11 is 7.01. The Bertz CT molecular complexity index is 997. The normalized spacial score (nSPS) is 11.4. The fourth-order valence-corrected chi connectivity index (χ4v) is 3.84. The Morgan fingerprint density at radius 3 is 2.18 bits per heavy atom. The maximum atomic E-state index is 5.97. The van der Waals surface area contributed by atoms with Crippen molar-refractivity contribution in [1.82, 2.24) is 0 Å². The summed E-state index contributed by atoms with van der Waals surface area (Å²) in [6.07, 6.45) is 0. The van der Waals surface area contributed by atoms with Gasteiger partial charge < -0.3 is 10.2 Å². The minimum absolute atomic E-state index is 0.707. The van der Waals surface area contributed by atoms with Crippen molar-refractivity contribution < 1.29 is 4.42 Å². The minimum Gasteiger partial charge on any atom is -0.456 e. The van der Waals surface area contributed by atoms with Crippen molar-refractivity contribution in [3.05, 3.63) is 63.5 Å². The number of hydrogen-bond acceptors (Lipinski definition) is 2. The van der Waals surface area contributed by atoms with Crippen LogP contribution in [0.4, 0.5) is 5.69 Å². The third-order valence-electron chi connectivity index (χ3n) is 3.79. The van der Waals surface area contributed by atoms with Crippen molar-refractivity contribution >= 4 is 59.5 Å². The molecular weight excluding hydrogens is 406 g/mol. The number of para-hydroxylation sites is 1. The molecule has 1 heterocycles. The van der Waals surface area contributed by atoms with E-state index in [4.69, 9.17) is 10.2 Å². The van der Waals surface area contributed by atoms with E-state index in [1.54, 1.807) is 0 Å². The maximum Gasteiger partial charge on any atom is 0.135 e. The third-order valence-corrected chi connectivity index (χ3v) is 5.10. The number of nitrogens with two attached hydrogens (primary N) is 1. The van der Waals surface area contributed by atoms with Gasteiger partial charge in [0, 0.05) is 19.7 Å². The van der Waals surface area contributed by atoms with Gasteiger partial charge in [-0.15, -0.1) is 0 Å². The second-order valence-corrected chi connectivity index (χ2v) is 6.87. The molecule has 0 fully saturated rings. The molecule has 0 radical (unpaired) electrons. The molecule has 0 spiro atoms. The summed E-state index contributed by atoms with van der Waals surface area (Å²) in [6.45, 7) is 0. The molecule has 4 rings (SSSR count). The van der Waals surface area contributed by atoms with Gasteiger partial charge in [-0.25, -0.2) is 0 Å². The first kappa shape index (κ1) is 13.9. The van der Waals surface area contributed by atoms with Crippen LogP contribution in [-0.2, 0) is 0 Å². The van der Waals surface area contributed by atoms with Crippen LogP contribution < -0.4 is 5.73 Å². The SMILES string of the molecule is Nc1c(Br)cc(-c2ccc3oc4ccccc4c3c2)cc1Br. The minimum atomic E-state index is 0.707. The Kier molecular flexibility index (Phi) is 3.24. The molecule has 0 saturated carbocycles. The van der Waals surface area contributed by atoms with Crippen molar-refractivity contribution in [2.24, 2.45) is 0 Å². The van der Waals surface area contributed by atoms with E-state index in [1.165, 1.54) is 0 Å². The monoisotopic (exact) mass is 415 g/mol. The highest BCUT2D eigenvalue weighted by molar-refractivity contribution is 9.11. The summed E-state index contributed by atoms with van der Waals surface area (Å²) in [6, 6.07) is 18.4. The molecule has 0 atom stereocenters. The zero-order valence-electron chi connectivity index (χ0n) is 11.4. The van der Waals surface area contributed by atoms with E-state index in [2.05, 4.69) is 50.1 Å². The lowest BCUT2D eigenvalue weighted by Crippen LogP contribution is -1.89. The van der Waals surface area contributed by atoms with Crippen molar-refractivity contribution in [2.45, 2.75) is 0 Å². The molecule has 4 heteroatoms. The van der Waals surface area contributed by atoms with E-state index in [-0.39, 0.29) is 0 Å². The topological polar surface area (TPSA) is 39.2 Å². The van der Waals surface area contributed by atoms with E-state index in [0.717, 1.165) is 42.0 Å². The lowest BCUT2D eigenvalue weighted by molar-refractivity contribution is 0.669. The van der Waals surface area contributed by atoms with Gasteiger partial charge in [-0.1, -0.05) is 24.3 Å². The second kappa shape index (κ2) is 5.14. The molecule has 108 valence electrons. The quantitative estimate of drug-likeness (QED) is 0.366. The molecule has 0 amide bonds. The Morgan fingerprint density at radius 1 is 0.727 bits per heavy atom. The average Bonchev–Trinajstić information content (AvgIpc) is 2.90. The highest BCUT2D eigenvalue weighted by atomic mass is 79.9. The number of benzene rings is 3. The molecule has 2 N–H and O–H groups in total. The molecule has 3 aromatic carbocycles. The Balaban J connectivity index is 1.98. The Hall–Kier alpha value is -1.78. The number of halogens is 2. The fourth-order valence-electron chi connectivity index (χ4n) is 2.66. The zero-order chi connectivity index (χ0) is 15.3. The molecule has 0 saturated heterocycles. The van der Waals surface area contributed by atoms with Crippen LogP contribution in [0.2, 0.25) is 0 Å². The van der Waals surface area contributed by atoms with Gasteiger partial charge in [0.2, 0.25) is 0 Å². The fraction of sp³-hybridized carbons (Fsp3) is 0. The summed E-state index contributed by atoms with van der Waals surface area (Å²) in [5.74, 6) is 0. The molecule has 2 nitrogen and oxygen atoms in total. The van der Waals surface area contributed by atoms with Crippen molar-refractivity contribution in [3.8, 4) is 11.1 Å². The summed E-state index contributed by atoms with van der Waals surface area (Å²) in [5.41, 5.74) is 10.7. The first-order valence-electron chi connectivity index (χ1n) is 6.79. The van der Waals surface area contributed by atoms with Crippen LogP contribution in [0.1, 0.15) is 0 Å². The molecule has 0 aliphatic rings. The van der Waals surface area contributed by atoms with Gasteiger partial charge in [-0.05, 0) is 73.3 Å². The van der Waals surface area contributed by atoms with Gasteiger partial charge in [0.25, 0.3) is 0 Å². The van der Waals surface area contributed by atoms with Crippen molar-refractivity contribution in [1.29, 1.82) is 0 Å². The summed E-state index contributed by atoms with van der Waals surface area (Å²) in [4.78, 5) is 0. The predicted octanol–water partition coefficient (Wildman–Crippen LogP) is 6.36. The average molecular weight is 417 g/mol. The predicted molar refractivity (Wildman–Crippen MR) is 99.0 cm³/mol. The van der Waals surface area contributed by atoms with E-state index in [0.29, 0.717) is 5.69 Å². The van der Waals surface area contributed by atoms with Crippen LogP contribution in [0.15, 0.2) is 68.0 Å². The largest absolute Gasteiger partial charge is 0.456 e. The molecule has 0 aliphatic heterocycles. The van der Waals surface area contributed by atoms with Crippen LogP contribution in [0, 0.1) is 0 Å². The first-order valence-corrected chi connectivity index (χ1v) is 8.38. The van der Waals surface area contributed by atoms with E-state index < -0.39 is 0 Å². The van der Waals surface area contributed by atoms with E-state index in [9.17, 15) is 0 Å². The van der Waals surface area contributed by atoms with Crippen molar-refractivity contribution in [2.75, 3.05) is 5.73 Å². The van der Waals surface area contributed by atoms with Crippen molar-refractivity contribution in [3.63, 3.8) is 0 Å². The van der Waals surface area contributed by atoms with Gasteiger partial charge in [-0.3, -0.25) is 0 Å². The molecule has 0 bridgehead atoms. The van der Waals surface area contributed by atoms with Gasteiger partial charge in [0.15, 0.2) is 0 Å². The van der Waals surface area contributed by atoms with Gasteiger partial charge in [0.05, 0.1) is 5.69 Å². The van der Waals surface area contributed by atoms with Gasteiger partial charge in [-0.2, -0.15) is 0 Å². The Labute approximate surface area is 144 Å². The number of anilines is 1. The van der Waals surface area contributed by atoms with Crippen LogP contribution in [0.25, 0.3) is 33.1 Å².